The van der Waals surface area contributed by atoms with Crippen molar-refractivity contribution in [3.8, 4) is 0 Å². The molecule has 1 saturated carbocycles. The molecule has 154 valence electrons. The average Bonchev–Trinajstić information content (AvgIpc) is 2.68. The van der Waals surface area contributed by atoms with Crippen LogP contribution in [-0.4, -0.2) is 78.9 Å². The smallest absolute Gasteiger partial charge is 0.317 e. The summed E-state index contributed by atoms with van der Waals surface area (Å²) in [6.45, 7) is 1.98. The maximum Gasteiger partial charge on any atom is 0.317 e. The highest BCUT2D eigenvalue weighted by Crippen LogP contribution is 2.33. The lowest BCUT2D eigenvalue weighted by molar-refractivity contribution is -0.138. The Labute approximate surface area is 166 Å². The first kappa shape index (κ1) is 20.6. The van der Waals surface area contributed by atoms with Crippen LogP contribution in [0, 0.1) is 0 Å². The lowest BCUT2D eigenvalue weighted by atomic mass is 9.80. The van der Waals surface area contributed by atoms with Gasteiger partial charge in [-0.15, -0.1) is 0 Å². The summed E-state index contributed by atoms with van der Waals surface area (Å²) in [5.41, 5.74) is 1.29. The van der Waals surface area contributed by atoms with Gasteiger partial charge in [0.2, 0.25) is 0 Å². The summed E-state index contributed by atoms with van der Waals surface area (Å²) in [6, 6.07) is 10.6. The largest absolute Gasteiger partial charge is 0.480 e. The quantitative estimate of drug-likeness (QED) is 0.779. The number of ether oxygens (including phenoxy) is 1. The van der Waals surface area contributed by atoms with Crippen molar-refractivity contribution >= 4 is 12.0 Å². The number of carboxylic acids is 1. The molecular weight excluding hydrogens is 358 g/mol. The minimum atomic E-state index is -0.864. The Kier molecular flexibility index (Phi) is 7.28. The highest BCUT2D eigenvalue weighted by Gasteiger charge is 2.31. The van der Waals surface area contributed by atoms with Gasteiger partial charge < -0.3 is 20.1 Å². The molecule has 0 spiro atoms. The van der Waals surface area contributed by atoms with Gasteiger partial charge in [0.25, 0.3) is 0 Å². The zero-order valence-corrected chi connectivity index (χ0v) is 16.5. The van der Waals surface area contributed by atoms with E-state index in [4.69, 9.17) is 9.84 Å². The third kappa shape index (κ3) is 5.69. The summed E-state index contributed by atoms with van der Waals surface area (Å²) < 4.78 is 5.73. The van der Waals surface area contributed by atoms with Crippen molar-refractivity contribution in [1.29, 1.82) is 0 Å². The lowest BCUT2D eigenvalue weighted by Gasteiger charge is -2.38. The van der Waals surface area contributed by atoms with E-state index in [0.29, 0.717) is 32.2 Å². The van der Waals surface area contributed by atoms with Gasteiger partial charge in [-0.3, -0.25) is 9.69 Å². The fourth-order valence-corrected chi connectivity index (χ4v) is 4.31. The number of aliphatic carboxylic acids is 1. The van der Waals surface area contributed by atoms with Gasteiger partial charge in [-0.25, -0.2) is 4.79 Å². The van der Waals surface area contributed by atoms with Crippen LogP contribution in [0.1, 0.15) is 37.2 Å². The Balaban J connectivity index is 1.56. The van der Waals surface area contributed by atoms with E-state index in [-0.39, 0.29) is 24.7 Å². The summed E-state index contributed by atoms with van der Waals surface area (Å²) in [5.74, 6) is -0.505. The third-order valence-corrected chi connectivity index (χ3v) is 5.65. The minimum Gasteiger partial charge on any atom is -0.480 e. The van der Waals surface area contributed by atoms with Gasteiger partial charge in [0.1, 0.15) is 0 Å². The number of nitrogens with one attached hydrogen (secondary N) is 1. The Bertz CT molecular complexity index is 654. The molecule has 0 radical (unpaired) electrons. The molecule has 2 N–H and O–H groups in total. The number of carbonyl (C=O) groups excluding carboxylic acids is 1. The molecule has 7 nitrogen and oxygen atoms in total. The maximum absolute atomic E-state index is 12.9. The number of rotatable bonds is 6. The van der Waals surface area contributed by atoms with Crippen LogP contribution >= 0.6 is 0 Å². The van der Waals surface area contributed by atoms with E-state index in [2.05, 4.69) is 29.6 Å². The molecule has 1 heterocycles. The van der Waals surface area contributed by atoms with Crippen LogP contribution in [0.5, 0.6) is 0 Å². The van der Waals surface area contributed by atoms with Crippen LogP contribution in [0.3, 0.4) is 0 Å². The molecule has 0 aromatic heterocycles. The number of amides is 2. The predicted octanol–water partition coefficient (Wildman–Crippen LogP) is 2.14. The number of carboxylic acid groups (broad SMARTS) is 1. The summed E-state index contributed by atoms with van der Waals surface area (Å²) in [7, 11) is 1.75. The molecule has 28 heavy (non-hydrogen) atoms. The highest BCUT2D eigenvalue weighted by atomic mass is 16.5. The second kappa shape index (κ2) is 9.89. The molecule has 3 rings (SSSR count). The van der Waals surface area contributed by atoms with Crippen molar-refractivity contribution in [3.05, 3.63) is 35.9 Å². The van der Waals surface area contributed by atoms with E-state index in [1.165, 1.54) is 12.0 Å². The molecule has 1 aromatic rings. The average molecular weight is 389 g/mol. The molecule has 1 aliphatic heterocycles. The van der Waals surface area contributed by atoms with Gasteiger partial charge in [-0.1, -0.05) is 43.2 Å². The molecule has 2 amide bonds. The van der Waals surface area contributed by atoms with Gasteiger partial charge in [0.15, 0.2) is 0 Å². The van der Waals surface area contributed by atoms with Gasteiger partial charge in [-0.2, -0.15) is 0 Å². The number of carbonyl (C=O) groups is 2. The van der Waals surface area contributed by atoms with Crippen molar-refractivity contribution in [2.75, 3.05) is 39.8 Å². The number of urea groups is 1. The Morgan fingerprint density at radius 2 is 2.00 bits per heavy atom. The van der Waals surface area contributed by atoms with Crippen molar-refractivity contribution in [3.63, 3.8) is 0 Å². The van der Waals surface area contributed by atoms with Gasteiger partial charge in [0, 0.05) is 31.6 Å². The second-order valence-electron chi connectivity index (χ2n) is 7.89. The van der Waals surface area contributed by atoms with E-state index in [1.54, 1.807) is 16.8 Å². The number of nitrogens with zero attached hydrogens (tertiary/aromatic N) is 2. The van der Waals surface area contributed by atoms with Gasteiger partial charge in [-0.05, 0) is 25.5 Å². The second-order valence-corrected chi connectivity index (χ2v) is 7.89. The van der Waals surface area contributed by atoms with Crippen LogP contribution in [0.25, 0.3) is 0 Å². The summed E-state index contributed by atoms with van der Waals surface area (Å²) >= 11 is 0. The topological polar surface area (TPSA) is 82.1 Å². The summed E-state index contributed by atoms with van der Waals surface area (Å²) in [4.78, 5) is 27.3. The molecule has 3 atom stereocenters. The maximum atomic E-state index is 12.9. The van der Waals surface area contributed by atoms with Crippen LogP contribution in [0.2, 0.25) is 0 Å². The van der Waals surface area contributed by atoms with Gasteiger partial charge >= 0.3 is 12.0 Å². The molecule has 7 heteroatoms. The minimum absolute atomic E-state index is 0.0348. The van der Waals surface area contributed by atoms with E-state index in [9.17, 15) is 9.59 Å². The van der Waals surface area contributed by atoms with Crippen LogP contribution in [0.4, 0.5) is 4.79 Å². The third-order valence-electron chi connectivity index (χ3n) is 5.65. The Hall–Kier alpha value is -2.12. The first-order valence-electron chi connectivity index (χ1n) is 10.1. The molecular formula is C21H31N3O4. The zero-order chi connectivity index (χ0) is 19.9. The van der Waals surface area contributed by atoms with Crippen molar-refractivity contribution in [1.82, 2.24) is 15.1 Å². The predicted molar refractivity (Wildman–Crippen MR) is 106 cm³/mol. The Morgan fingerprint density at radius 1 is 1.25 bits per heavy atom. The molecule has 1 aliphatic carbocycles. The molecule has 0 bridgehead atoms. The first-order chi connectivity index (χ1) is 13.5. The lowest BCUT2D eigenvalue weighted by Crippen LogP contribution is -2.55. The van der Waals surface area contributed by atoms with E-state index < -0.39 is 5.97 Å². The first-order valence-corrected chi connectivity index (χ1v) is 10.1. The number of likely N-dealkylation sites (N-methyl/N-ethyl adjacent to an activating group) is 1. The van der Waals surface area contributed by atoms with Crippen molar-refractivity contribution in [2.45, 2.75) is 43.7 Å². The highest BCUT2D eigenvalue weighted by molar-refractivity contribution is 5.75. The fourth-order valence-electron chi connectivity index (χ4n) is 4.31. The van der Waals surface area contributed by atoms with Crippen molar-refractivity contribution < 1.29 is 19.4 Å². The molecule has 1 aromatic carbocycles. The zero-order valence-electron chi connectivity index (χ0n) is 16.5. The Morgan fingerprint density at radius 3 is 2.75 bits per heavy atom. The van der Waals surface area contributed by atoms with Crippen LogP contribution < -0.4 is 5.32 Å². The van der Waals surface area contributed by atoms with E-state index >= 15 is 0 Å². The van der Waals surface area contributed by atoms with E-state index in [0.717, 1.165) is 19.3 Å². The number of benzene rings is 1. The summed E-state index contributed by atoms with van der Waals surface area (Å²) in [5, 5.41) is 12.2. The summed E-state index contributed by atoms with van der Waals surface area (Å²) in [6.07, 6.45) is 4.27. The fraction of sp³-hybridized carbons (Fsp3) is 0.619. The van der Waals surface area contributed by atoms with E-state index in [1.807, 2.05) is 6.07 Å². The monoisotopic (exact) mass is 389 g/mol. The molecule has 2 aliphatic rings. The normalized spacial score (nSPS) is 25.5. The number of hydrogen-bond donors (Lipinski definition) is 2. The van der Waals surface area contributed by atoms with Gasteiger partial charge in [0.05, 0.1) is 19.3 Å². The van der Waals surface area contributed by atoms with Crippen LogP contribution in [-0.2, 0) is 9.53 Å². The number of morpholine rings is 1. The molecule has 1 saturated heterocycles. The van der Waals surface area contributed by atoms with Crippen molar-refractivity contribution in [2.24, 2.45) is 0 Å². The molecule has 3 unspecified atom stereocenters. The SMILES string of the molecule is CN(CC(=O)O)CC1CN(C(=O)NC2CCCCC2c2ccccc2)CCO1. The molecule has 2 fully saturated rings. The van der Waals surface area contributed by atoms with Crippen LogP contribution in [0.15, 0.2) is 30.3 Å². The number of hydrogen-bond acceptors (Lipinski definition) is 4. The standard InChI is InChI=1S/C21H31N3O4/c1-23(15-20(25)26)13-17-14-24(11-12-28-17)21(27)22-19-10-6-5-9-18(19)16-7-3-2-4-8-16/h2-4,7-8,17-19H,5-6,9-15H2,1H3,(H,22,27)(H,25,26).